The van der Waals surface area contributed by atoms with E-state index in [0.717, 1.165) is 12.1 Å². The van der Waals surface area contributed by atoms with Crippen LogP contribution in [-0.2, 0) is 21.8 Å². The molecule has 0 heterocycles. The molecule has 1 rings (SSSR count). The molecule has 17 heavy (non-hydrogen) atoms. The molecule has 0 aliphatic rings. The van der Waals surface area contributed by atoms with Gasteiger partial charge in [0, 0.05) is 4.90 Å². The third-order valence-corrected chi connectivity index (χ3v) is 3.98. The Labute approximate surface area is 99.3 Å². The van der Waals surface area contributed by atoms with E-state index in [1.165, 1.54) is 26.0 Å². The Morgan fingerprint density at radius 3 is 2.41 bits per heavy atom. The highest BCUT2D eigenvalue weighted by molar-refractivity contribution is 7.86. The Kier molecular flexibility index (Phi) is 4.08. The Hall–Kier alpha value is -1.17. The molecule has 0 aromatic heterocycles. The van der Waals surface area contributed by atoms with Gasteiger partial charge in [-0.15, -0.1) is 0 Å². The maximum Gasteiger partial charge on any atom is 0.416 e. The number of carbonyl (C=O) groups is 1. The van der Waals surface area contributed by atoms with E-state index >= 15 is 0 Å². The minimum atomic E-state index is -4.47. The third kappa shape index (κ3) is 3.39. The zero-order valence-corrected chi connectivity index (χ0v) is 10.1. The SMILES string of the molecule is CC(=O)C(C)S(=O)c1cccc(C(F)(F)F)c1. The average molecular weight is 264 g/mol. The molecule has 0 aliphatic carbocycles. The maximum absolute atomic E-state index is 12.4. The van der Waals surface area contributed by atoms with Crippen LogP contribution in [0, 0.1) is 0 Å². The Balaban J connectivity index is 3.08. The topological polar surface area (TPSA) is 34.1 Å². The normalized spacial score (nSPS) is 15.4. The number of hydrogen-bond acceptors (Lipinski definition) is 2. The van der Waals surface area contributed by atoms with Crippen molar-refractivity contribution in [3.63, 3.8) is 0 Å². The fourth-order valence-corrected chi connectivity index (χ4v) is 2.32. The summed E-state index contributed by atoms with van der Waals surface area (Å²) >= 11 is 0. The molecule has 6 heteroatoms. The van der Waals surface area contributed by atoms with Gasteiger partial charge in [0.2, 0.25) is 0 Å². The molecule has 1 aromatic rings. The van der Waals surface area contributed by atoms with E-state index in [0.29, 0.717) is 0 Å². The Morgan fingerprint density at radius 2 is 1.94 bits per heavy atom. The molecule has 0 fully saturated rings. The molecule has 0 saturated carbocycles. The smallest absolute Gasteiger partial charge is 0.299 e. The fourth-order valence-electron chi connectivity index (χ4n) is 1.15. The van der Waals surface area contributed by atoms with Gasteiger partial charge in [0.15, 0.2) is 0 Å². The molecule has 0 radical (unpaired) electrons. The summed E-state index contributed by atoms with van der Waals surface area (Å²) in [6.45, 7) is 2.69. The van der Waals surface area contributed by atoms with Crippen molar-refractivity contribution in [2.45, 2.75) is 30.2 Å². The Bertz CT molecular complexity index is 454. The molecule has 0 saturated heterocycles. The van der Waals surface area contributed by atoms with E-state index in [2.05, 4.69) is 0 Å². The van der Waals surface area contributed by atoms with Gasteiger partial charge in [-0.2, -0.15) is 13.2 Å². The molecule has 2 atom stereocenters. The van der Waals surface area contributed by atoms with Crippen LogP contribution in [0.1, 0.15) is 19.4 Å². The second-order valence-corrected chi connectivity index (χ2v) is 5.35. The first-order chi connectivity index (χ1) is 7.73. The summed E-state index contributed by atoms with van der Waals surface area (Å²) in [5.41, 5.74) is -0.862. The van der Waals surface area contributed by atoms with Crippen LogP contribution < -0.4 is 0 Å². The molecule has 2 unspecified atom stereocenters. The molecule has 1 aromatic carbocycles. The van der Waals surface area contributed by atoms with Gasteiger partial charge in [-0.05, 0) is 32.0 Å². The van der Waals surface area contributed by atoms with Crippen LogP contribution >= 0.6 is 0 Å². The minimum Gasteiger partial charge on any atom is -0.299 e. The summed E-state index contributed by atoms with van der Waals surface area (Å²) in [5.74, 6) is -0.319. The number of Topliss-reactive ketones (excluding diaryl/α,β-unsaturated/α-hetero) is 1. The first-order valence-corrected chi connectivity index (χ1v) is 6.03. The summed E-state index contributed by atoms with van der Waals surface area (Å²) in [6, 6.07) is 4.22. The lowest BCUT2D eigenvalue weighted by molar-refractivity contribution is -0.137. The quantitative estimate of drug-likeness (QED) is 0.841. The van der Waals surface area contributed by atoms with Gasteiger partial charge < -0.3 is 0 Å². The zero-order chi connectivity index (χ0) is 13.2. The monoisotopic (exact) mass is 264 g/mol. The van der Waals surface area contributed by atoms with Gasteiger partial charge in [0.25, 0.3) is 0 Å². The van der Waals surface area contributed by atoms with Crippen LogP contribution in [0.3, 0.4) is 0 Å². The van der Waals surface area contributed by atoms with E-state index in [-0.39, 0.29) is 10.7 Å². The molecule has 0 bridgehead atoms. The van der Waals surface area contributed by atoms with Crippen molar-refractivity contribution in [3.8, 4) is 0 Å². The lowest BCUT2D eigenvalue weighted by Gasteiger charge is -2.11. The lowest BCUT2D eigenvalue weighted by Crippen LogP contribution is -2.20. The third-order valence-electron chi connectivity index (χ3n) is 2.29. The van der Waals surface area contributed by atoms with Crippen molar-refractivity contribution in [3.05, 3.63) is 29.8 Å². The first kappa shape index (κ1) is 13.9. The maximum atomic E-state index is 12.4. The highest BCUT2D eigenvalue weighted by Gasteiger charge is 2.31. The van der Waals surface area contributed by atoms with Crippen LogP contribution in [0.25, 0.3) is 0 Å². The second-order valence-electron chi connectivity index (χ2n) is 3.58. The van der Waals surface area contributed by atoms with E-state index in [4.69, 9.17) is 0 Å². The number of carbonyl (C=O) groups excluding carboxylic acids is 1. The number of halogens is 3. The summed E-state index contributed by atoms with van der Waals surface area (Å²) in [4.78, 5) is 11.0. The van der Waals surface area contributed by atoms with Crippen LogP contribution in [-0.4, -0.2) is 15.2 Å². The average Bonchev–Trinajstić information content (AvgIpc) is 2.26. The molecule has 94 valence electrons. The number of rotatable bonds is 3. The largest absolute Gasteiger partial charge is 0.416 e. The van der Waals surface area contributed by atoms with Gasteiger partial charge in [-0.1, -0.05) is 6.07 Å². The van der Waals surface area contributed by atoms with Gasteiger partial charge >= 0.3 is 6.18 Å². The predicted octanol–water partition coefficient (Wildman–Crippen LogP) is 2.79. The van der Waals surface area contributed by atoms with E-state index < -0.39 is 27.8 Å². The number of hydrogen-bond donors (Lipinski definition) is 0. The molecular weight excluding hydrogens is 253 g/mol. The van der Waals surface area contributed by atoms with Crippen LogP contribution in [0.15, 0.2) is 29.2 Å². The van der Waals surface area contributed by atoms with Crippen molar-refractivity contribution in [2.24, 2.45) is 0 Å². The first-order valence-electron chi connectivity index (χ1n) is 4.81. The van der Waals surface area contributed by atoms with Crippen LogP contribution in [0.4, 0.5) is 13.2 Å². The van der Waals surface area contributed by atoms with Gasteiger partial charge in [0.05, 0.1) is 21.6 Å². The number of benzene rings is 1. The van der Waals surface area contributed by atoms with Crippen LogP contribution in [0.5, 0.6) is 0 Å². The highest BCUT2D eigenvalue weighted by atomic mass is 32.2. The molecule has 0 N–H and O–H groups in total. The summed E-state index contributed by atoms with van der Waals surface area (Å²) < 4.78 is 49.1. The number of alkyl halides is 3. The van der Waals surface area contributed by atoms with Crippen molar-refractivity contribution in [1.82, 2.24) is 0 Å². The van der Waals surface area contributed by atoms with E-state index in [1.807, 2.05) is 0 Å². The van der Waals surface area contributed by atoms with Gasteiger partial charge in [-0.3, -0.25) is 9.00 Å². The van der Waals surface area contributed by atoms with Crippen molar-refractivity contribution < 1.29 is 22.2 Å². The summed E-state index contributed by atoms with van der Waals surface area (Å²) in [6.07, 6.45) is -4.47. The van der Waals surface area contributed by atoms with Gasteiger partial charge in [0.1, 0.15) is 5.78 Å². The predicted molar refractivity (Wildman–Crippen MR) is 58.0 cm³/mol. The standard InChI is InChI=1S/C11H11F3O2S/c1-7(15)8(2)17(16)10-5-3-4-9(6-10)11(12,13)14/h3-6,8H,1-2H3. The minimum absolute atomic E-state index is 0.0162. The molecular formula is C11H11F3O2S. The van der Waals surface area contributed by atoms with Crippen molar-refractivity contribution >= 4 is 16.6 Å². The van der Waals surface area contributed by atoms with Crippen molar-refractivity contribution in [1.29, 1.82) is 0 Å². The van der Waals surface area contributed by atoms with E-state index in [9.17, 15) is 22.2 Å². The fraction of sp³-hybridized carbons (Fsp3) is 0.364. The lowest BCUT2D eigenvalue weighted by atomic mass is 10.2. The van der Waals surface area contributed by atoms with E-state index in [1.54, 1.807) is 0 Å². The van der Waals surface area contributed by atoms with Crippen LogP contribution in [0.2, 0.25) is 0 Å². The molecule has 0 amide bonds. The molecule has 0 spiro atoms. The molecule has 2 nitrogen and oxygen atoms in total. The Morgan fingerprint density at radius 1 is 1.35 bits per heavy atom. The number of ketones is 1. The summed E-state index contributed by atoms with van der Waals surface area (Å²) in [7, 11) is -1.75. The highest BCUT2D eigenvalue weighted by Crippen LogP contribution is 2.30. The summed E-state index contributed by atoms with van der Waals surface area (Å²) in [5, 5.41) is -0.807. The van der Waals surface area contributed by atoms with Gasteiger partial charge in [-0.25, -0.2) is 0 Å². The second kappa shape index (κ2) is 5.00. The van der Waals surface area contributed by atoms with Crippen molar-refractivity contribution in [2.75, 3.05) is 0 Å². The zero-order valence-electron chi connectivity index (χ0n) is 9.25. The molecule has 0 aliphatic heterocycles.